The van der Waals surface area contributed by atoms with E-state index in [0.717, 1.165) is 36.2 Å². The van der Waals surface area contributed by atoms with Gasteiger partial charge in [0.05, 0.1) is 17.0 Å². The number of Topliss-reactive ketones (excluding diaryl/α,β-unsaturated/α-hetero) is 1. The van der Waals surface area contributed by atoms with Crippen LogP contribution in [-0.4, -0.2) is 42.2 Å². The fourth-order valence-electron chi connectivity index (χ4n) is 4.24. The molecule has 0 saturated carbocycles. The van der Waals surface area contributed by atoms with Crippen molar-refractivity contribution in [2.75, 3.05) is 5.75 Å². The summed E-state index contributed by atoms with van der Waals surface area (Å²) in [5.41, 5.74) is 4.83. The molecule has 5 rings (SSSR count). The van der Waals surface area contributed by atoms with E-state index in [2.05, 4.69) is 21.6 Å². The molecule has 156 valence electrons. The molecule has 2 aromatic carbocycles. The summed E-state index contributed by atoms with van der Waals surface area (Å²) in [6.07, 6.45) is 4.23. The normalized spacial score (nSPS) is 13.3. The highest BCUT2D eigenvalue weighted by molar-refractivity contribution is 7.99. The van der Waals surface area contributed by atoms with Crippen molar-refractivity contribution in [3.8, 4) is 5.69 Å². The molecule has 0 radical (unpaired) electrons. The summed E-state index contributed by atoms with van der Waals surface area (Å²) in [6.45, 7) is 1.53. The van der Waals surface area contributed by atoms with Gasteiger partial charge in [0.25, 0.3) is 0 Å². The Morgan fingerprint density at radius 1 is 1.03 bits per heavy atom. The van der Waals surface area contributed by atoms with Crippen molar-refractivity contribution in [3.63, 3.8) is 0 Å². The molecule has 0 amide bonds. The number of rotatable bonds is 5. The van der Waals surface area contributed by atoms with E-state index >= 15 is 0 Å². The molecule has 7 nitrogen and oxygen atoms in total. The predicted octanol–water partition coefficient (Wildman–Crippen LogP) is 4.13. The Morgan fingerprint density at radius 3 is 2.61 bits per heavy atom. The van der Waals surface area contributed by atoms with E-state index < -0.39 is 0 Å². The van der Waals surface area contributed by atoms with Crippen molar-refractivity contribution in [2.24, 2.45) is 0 Å². The van der Waals surface area contributed by atoms with Crippen LogP contribution in [0.1, 0.15) is 46.2 Å². The molecule has 0 N–H and O–H groups in total. The Hall–Kier alpha value is -3.26. The highest BCUT2D eigenvalue weighted by Crippen LogP contribution is 2.32. The van der Waals surface area contributed by atoms with E-state index in [1.165, 1.54) is 36.1 Å². The van der Waals surface area contributed by atoms with Crippen LogP contribution in [0.15, 0.2) is 53.7 Å². The van der Waals surface area contributed by atoms with Crippen LogP contribution in [0, 0.1) is 0 Å². The van der Waals surface area contributed by atoms with Gasteiger partial charge in [-0.05, 0) is 78.9 Å². The van der Waals surface area contributed by atoms with Gasteiger partial charge in [-0.15, -0.1) is 5.10 Å². The van der Waals surface area contributed by atoms with Crippen LogP contribution in [-0.2, 0) is 12.8 Å². The third-order valence-corrected chi connectivity index (χ3v) is 6.62. The minimum Gasteiger partial charge on any atom is -0.295 e. The number of ketones is 1. The highest BCUT2D eigenvalue weighted by atomic mass is 32.2. The minimum absolute atomic E-state index is 0.00532. The molecule has 0 saturated heterocycles. The van der Waals surface area contributed by atoms with Crippen LogP contribution in [0.4, 0.5) is 0 Å². The first kappa shape index (κ1) is 19.7. The average molecular weight is 432 g/mol. The predicted molar refractivity (Wildman–Crippen MR) is 119 cm³/mol. The fourth-order valence-corrected chi connectivity index (χ4v) is 4.98. The molecule has 0 atom stereocenters. The van der Waals surface area contributed by atoms with E-state index in [1.807, 2.05) is 22.8 Å². The van der Waals surface area contributed by atoms with Gasteiger partial charge in [-0.1, -0.05) is 30.0 Å². The highest BCUT2D eigenvalue weighted by Gasteiger charge is 2.23. The lowest BCUT2D eigenvalue weighted by atomic mass is 9.96. The van der Waals surface area contributed by atoms with Crippen LogP contribution in [0.2, 0.25) is 0 Å². The number of hydrogen-bond donors (Lipinski definition) is 0. The number of benzene rings is 2. The largest absolute Gasteiger partial charge is 0.295 e. The molecule has 0 unspecified atom stereocenters. The lowest BCUT2D eigenvalue weighted by molar-refractivity contribution is 0.0942. The van der Waals surface area contributed by atoms with E-state index in [0.29, 0.717) is 10.7 Å². The molecule has 1 aliphatic rings. The van der Waals surface area contributed by atoms with Crippen LogP contribution >= 0.6 is 11.8 Å². The number of carbonyl (C=O) groups is 2. The Bertz CT molecular complexity index is 1290. The zero-order valence-corrected chi connectivity index (χ0v) is 17.9. The topological polar surface area (TPSA) is 82.7 Å². The van der Waals surface area contributed by atoms with Crippen molar-refractivity contribution in [1.82, 2.24) is 24.8 Å². The van der Waals surface area contributed by atoms with Gasteiger partial charge in [0, 0.05) is 16.6 Å². The van der Waals surface area contributed by atoms with Gasteiger partial charge in [-0.3, -0.25) is 14.2 Å². The molecule has 0 spiro atoms. The summed E-state index contributed by atoms with van der Waals surface area (Å²) < 4.78 is 3.48. The van der Waals surface area contributed by atoms with Crippen molar-refractivity contribution in [3.05, 3.63) is 65.4 Å². The van der Waals surface area contributed by atoms with Crippen LogP contribution in [0.3, 0.4) is 0 Å². The Labute approximate surface area is 183 Å². The molecule has 2 aromatic heterocycles. The summed E-state index contributed by atoms with van der Waals surface area (Å²) >= 11 is 1.31. The van der Waals surface area contributed by atoms with Gasteiger partial charge in [0.2, 0.25) is 11.1 Å². The van der Waals surface area contributed by atoms with E-state index in [1.54, 1.807) is 28.9 Å². The number of thioether (sulfide) groups is 1. The Kier molecular flexibility index (Phi) is 5.15. The number of nitrogens with zero attached hydrogens (tertiary/aromatic N) is 5. The monoisotopic (exact) mass is 431 g/mol. The molecule has 2 heterocycles. The van der Waals surface area contributed by atoms with Crippen molar-refractivity contribution in [1.29, 1.82) is 0 Å². The zero-order chi connectivity index (χ0) is 21.4. The number of fused-ring (bicyclic) bond motifs is 3. The third kappa shape index (κ3) is 3.57. The van der Waals surface area contributed by atoms with Gasteiger partial charge < -0.3 is 0 Å². The molecular formula is C23H21N5O2S. The van der Waals surface area contributed by atoms with Crippen molar-refractivity contribution < 1.29 is 9.59 Å². The Morgan fingerprint density at radius 2 is 1.81 bits per heavy atom. The minimum atomic E-state index is 0.00532. The molecule has 4 aromatic rings. The van der Waals surface area contributed by atoms with Crippen molar-refractivity contribution >= 4 is 34.4 Å². The van der Waals surface area contributed by atoms with E-state index in [9.17, 15) is 9.59 Å². The fraction of sp³-hybridized carbons (Fsp3) is 0.261. The van der Waals surface area contributed by atoms with Crippen molar-refractivity contribution in [2.45, 2.75) is 37.8 Å². The average Bonchev–Trinajstić information content (AvgIpc) is 3.40. The third-order valence-electron chi connectivity index (χ3n) is 5.71. The molecule has 1 aliphatic carbocycles. The van der Waals surface area contributed by atoms with Gasteiger partial charge in [-0.25, -0.2) is 0 Å². The van der Waals surface area contributed by atoms with Gasteiger partial charge >= 0.3 is 0 Å². The number of carbonyl (C=O) groups excluding carboxylic acids is 2. The number of tetrazole rings is 1. The van der Waals surface area contributed by atoms with Gasteiger partial charge in [0.15, 0.2) is 5.78 Å². The molecular weight excluding hydrogens is 410 g/mol. The molecule has 0 bridgehead atoms. The maximum Gasteiger partial charge on any atom is 0.241 e. The lowest BCUT2D eigenvalue weighted by Crippen LogP contribution is -2.18. The van der Waals surface area contributed by atoms with Crippen LogP contribution in [0.25, 0.3) is 16.6 Å². The number of hydrogen-bond acceptors (Lipinski definition) is 6. The first-order valence-corrected chi connectivity index (χ1v) is 11.3. The number of para-hydroxylation sites is 1. The summed E-state index contributed by atoms with van der Waals surface area (Å²) in [7, 11) is 0. The second-order valence-electron chi connectivity index (χ2n) is 7.64. The second-order valence-corrected chi connectivity index (χ2v) is 8.59. The molecule has 0 fully saturated rings. The molecule has 31 heavy (non-hydrogen) atoms. The van der Waals surface area contributed by atoms with Crippen LogP contribution in [0.5, 0.6) is 0 Å². The number of aryl methyl sites for hydroxylation is 1. The summed E-state index contributed by atoms with van der Waals surface area (Å²) in [5.74, 6) is 0.272. The zero-order valence-electron chi connectivity index (χ0n) is 17.1. The molecule has 0 aliphatic heterocycles. The standard InChI is InChI=1S/C23H21N5O2S/c1-15(29)16-10-12-17(13-11-16)28-23(24-25-26-28)31-14-22(30)27-20-8-4-2-6-18(20)19-7-3-5-9-21(19)27/h2,4,6,8,10-13H,3,5,7,9,14H2,1H3. The lowest BCUT2D eigenvalue weighted by Gasteiger charge is -2.15. The maximum absolute atomic E-state index is 13.3. The molecule has 8 heteroatoms. The smallest absolute Gasteiger partial charge is 0.241 e. The quantitative estimate of drug-likeness (QED) is 0.349. The second kappa shape index (κ2) is 8.11. The van der Waals surface area contributed by atoms with Crippen LogP contribution < -0.4 is 0 Å². The Balaban J connectivity index is 1.40. The van der Waals surface area contributed by atoms with Gasteiger partial charge in [0.1, 0.15) is 0 Å². The first-order valence-electron chi connectivity index (χ1n) is 10.3. The summed E-state index contributed by atoms with van der Waals surface area (Å²) in [5, 5.41) is 13.6. The maximum atomic E-state index is 13.3. The van der Waals surface area contributed by atoms with E-state index in [-0.39, 0.29) is 17.4 Å². The first-order chi connectivity index (χ1) is 15.1. The SMILES string of the molecule is CC(=O)c1ccc(-n2nnnc2SCC(=O)n2c3c(c4ccccc42)CCCC3)cc1. The van der Waals surface area contributed by atoms with Gasteiger partial charge in [-0.2, -0.15) is 4.68 Å². The summed E-state index contributed by atoms with van der Waals surface area (Å²) in [6, 6.07) is 15.2. The van der Waals surface area contributed by atoms with E-state index in [4.69, 9.17) is 0 Å². The number of aromatic nitrogens is 5. The summed E-state index contributed by atoms with van der Waals surface area (Å²) in [4.78, 5) is 24.8.